The summed E-state index contributed by atoms with van der Waals surface area (Å²) in [7, 11) is 0. The first-order valence-corrected chi connectivity index (χ1v) is 9.77. The van der Waals surface area contributed by atoms with E-state index in [-0.39, 0.29) is 5.91 Å². The molecule has 0 aliphatic carbocycles. The second kappa shape index (κ2) is 8.29. The van der Waals surface area contributed by atoms with Crippen LogP contribution in [0.5, 0.6) is 0 Å². The third-order valence-corrected chi connectivity index (χ3v) is 5.51. The Labute approximate surface area is 155 Å². The molecule has 3 aliphatic heterocycles. The predicted molar refractivity (Wildman–Crippen MR) is 101 cm³/mol. The maximum absolute atomic E-state index is 12.6. The number of nitrogens with zero attached hydrogens (tertiary/aromatic N) is 4. The lowest BCUT2D eigenvalue weighted by molar-refractivity contribution is -0.132. The summed E-state index contributed by atoms with van der Waals surface area (Å²) >= 11 is 0. The summed E-state index contributed by atoms with van der Waals surface area (Å²) in [6.45, 7) is 7.06. The van der Waals surface area contributed by atoms with Gasteiger partial charge in [-0.05, 0) is 18.4 Å². The number of carbonyl (C=O) groups is 1. The maximum Gasteiger partial charge on any atom is 0.256 e. The molecule has 1 atom stereocenters. The third kappa shape index (κ3) is 4.31. The number of hydrazone groups is 1. The van der Waals surface area contributed by atoms with Gasteiger partial charge in [-0.2, -0.15) is 5.10 Å². The molecule has 0 aromatic heterocycles. The predicted octanol–water partition coefficient (Wildman–Crippen LogP) is 1.42. The standard InChI is InChI=1S/C20H28N4O2/c25-20(24-9-8-19(21-24)17-5-2-1-3-6-17)16-23-12-10-22(11-13-23)15-18-7-4-14-26-18/h1-3,5-6,18H,4,7-16H2. The molecular formula is C20H28N4O2. The molecule has 3 heterocycles. The largest absolute Gasteiger partial charge is 0.377 e. The van der Waals surface area contributed by atoms with Crippen LogP contribution in [0.2, 0.25) is 0 Å². The van der Waals surface area contributed by atoms with Gasteiger partial charge in [0.15, 0.2) is 0 Å². The summed E-state index contributed by atoms with van der Waals surface area (Å²) < 4.78 is 5.73. The van der Waals surface area contributed by atoms with Gasteiger partial charge in [0.2, 0.25) is 0 Å². The van der Waals surface area contributed by atoms with Crippen LogP contribution in [0.1, 0.15) is 24.8 Å². The van der Waals surface area contributed by atoms with E-state index in [9.17, 15) is 4.79 Å². The molecule has 2 fully saturated rings. The Morgan fingerprint density at radius 2 is 1.85 bits per heavy atom. The van der Waals surface area contributed by atoms with E-state index >= 15 is 0 Å². The number of amides is 1. The summed E-state index contributed by atoms with van der Waals surface area (Å²) in [6.07, 6.45) is 3.64. The lowest BCUT2D eigenvalue weighted by atomic mass is 10.1. The fraction of sp³-hybridized carbons (Fsp3) is 0.600. The van der Waals surface area contributed by atoms with E-state index in [4.69, 9.17) is 4.74 Å². The van der Waals surface area contributed by atoms with Crippen molar-refractivity contribution >= 4 is 11.6 Å². The molecule has 0 saturated carbocycles. The smallest absolute Gasteiger partial charge is 0.256 e. The molecule has 1 unspecified atom stereocenters. The van der Waals surface area contributed by atoms with Crippen molar-refractivity contribution in [1.29, 1.82) is 0 Å². The molecule has 1 aromatic carbocycles. The maximum atomic E-state index is 12.6. The zero-order valence-corrected chi connectivity index (χ0v) is 15.3. The molecule has 2 saturated heterocycles. The van der Waals surface area contributed by atoms with Crippen molar-refractivity contribution in [3.05, 3.63) is 35.9 Å². The Hall–Kier alpha value is -1.76. The van der Waals surface area contributed by atoms with E-state index in [1.807, 2.05) is 18.2 Å². The van der Waals surface area contributed by atoms with Gasteiger partial charge in [-0.1, -0.05) is 30.3 Å². The van der Waals surface area contributed by atoms with Crippen LogP contribution in [0.3, 0.4) is 0 Å². The molecular weight excluding hydrogens is 328 g/mol. The van der Waals surface area contributed by atoms with E-state index in [1.54, 1.807) is 5.01 Å². The van der Waals surface area contributed by atoms with Crippen molar-refractivity contribution in [1.82, 2.24) is 14.8 Å². The van der Waals surface area contributed by atoms with Crippen molar-refractivity contribution in [2.75, 3.05) is 52.4 Å². The Morgan fingerprint density at radius 3 is 2.58 bits per heavy atom. The fourth-order valence-electron chi connectivity index (χ4n) is 3.95. The topological polar surface area (TPSA) is 48.4 Å². The van der Waals surface area contributed by atoms with E-state index < -0.39 is 0 Å². The molecule has 26 heavy (non-hydrogen) atoms. The van der Waals surface area contributed by atoms with Gasteiger partial charge in [-0.3, -0.25) is 14.6 Å². The SMILES string of the molecule is O=C(CN1CCN(CC2CCCO2)CC1)N1CCC(c2ccccc2)=N1. The van der Waals surface area contributed by atoms with Crippen LogP contribution in [0, 0.1) is 0 Å². The van der Waals surface area contributed by atoms with Gasteiger partial charge >= 0.3 is 0 Å². The fourth-order valence-corrected chi connectivity index (χ4v) is 3.95. The van der Waals surface area contributed by atoms with Crippen molar-refractivity contribution in [3.8, 4) is 0 Å². The molecule has 0 spiro atoms. The lowest BCUT2D eigenvalue weighted by Gasteiger charge is -2.35. The quantitative estimate of drug-likeness (QED) is 0.801. The molecule has 0 N–H and O–H groups in total. The first kappa shape index (κ1) is 17.6. The van der Waals surface area contributed by atoms with Crippen molar-refractivity contribution in [2.45, 2.75) is 25.4 Å². The Morgan fingerprint density at radius 1 is 1.08 bits per heavy atom. The van der Waals surface area contributed by atoms with Crippen molar-refractivity contribution in [3.63, 3.8) is 0 Å². The number of piperazine rings is 1. The second-order valence-electron chi connectivity index (χ2n) is 7.39. The van der Waals surface area contributed by atoms with Crippen molar-refractivity contribution < 1.29 is 9.53 Å². The Bertz CT molecular complexity index is 634. The molecule has 3 aliphatic rings. The highest BCUT2D eigenvalue weighted by Crippen LogP contribution is 2.16. The molecule has 1 aromatic rings. The summed E-state index contributed by atoms with van der Waals surface area (Å²) in [5, 5.41) is 6.21. The number of carbonyl (C=O) groups excluding carboxylic acids is 1. The minimum absolute atomic E-state index is 0.114. The zero-order chi connectivity index (χ0) is 17.8. The van der Waals surface area contributed by atoms with Crippen LogP contribution in [0.25, 0.3) is 0 Å². The summed E-state index contributed by atoms with van der Waals surface area (Å²) in [6, 6.07) is 10.1. The summed E-state index contributed by atoms with van der Waals surface area (Å²) in [5.74, 6) is 0.114. The summed E-state index contributed by atoms with van der Waals surface area (Å²) in [4.78, 5) is 17.3. The summed E-state index contributed by atoms with van der Waals surface area (Å²) in [5.41, 5.74) is 2.13. The van der Waals surface area contributed by atoms with Crippen LogP contribution in [0.4, 0.5) is 0 Å². The number of hydrogen-bond donors (Lipinski definition) is 0. The number of ether oxygens (including phenoxy) is 1. The van der Waals surface area contributed by atoms with Gasteiger partial charge in [0.05, 0.1) is 24.9 Å². The number of benzene rings is 1. The highest BCUT2D eigenvalue weighted by molar-refractivity contribution is 6.02. The first-order chi connectivity index (χ1) is 12.8. The molecule has 1 amide bonds. The normalized spacial score (nSPS) is 24.8. The zero-order valence-electron chi connectivity index (χ0n) is 15.3. The van der Waals surface area contributed by atoms with Gasteiger partial charge in [-0.15, -0.1) is 0 Å². The van der Waals surface area contributed by atoms with E-state index in [1.165, 1.54) is 12.8 Å². The van der Waals surface area contributed by atoms with E-state index in [0.29, 0.717) is 19.2 Å². The minimum Gasteiger partial charge on any atom is -0.377 e. The number of rotatable bonds is 5. The highest BCUT2D eigenvalue weighted by Gasteiger charge is 2.26. The van der Waals surface area contributed by atoms with Crippen LogP contribution >= 0.6 is 0 Å². The molecule has 6 heteroatoms. The van der Waals surface area contributed by atoms with Gasteiger partial charge in [0, 0.05) is 45.8 Å². The average Bonchev–Trinajstić information content (AvgIpc) is 3.36. The van der Waals surface area contributed by atoms with Crippen LogP contribution < -0.4 is 0 Å². The second-order valence-corrected chi connectivity index (χ2v) is 7.39. The highest BCUT2D eigenvalue weighted by atomic mass is 16.5. The van der Waals surface area contributed by atoms with Crippen LogP contribution in [0.15, 0.2) is 35.4 Å². The van der Waals surface area contributed by atoms with Gasteiger partial charge in [0.1, 0.15) is 0 Å². The van der Waals surface area contributed by atoms with Crippen LogP contribution in [-0.2, 0) is 9.53 Å². The molecule has 4 rings (SSSR count). The molecule has 6 nitrogen and oxygen atoms in total. The first-order valence-electron chi connectivity index (χ1n) is 9.77. The van der Waals surface area contributed by atoms with Gasteiger partial charge < -0.3 is 4.74 Å². The minimum atomic E-state index is 0.114. The monoisotopic (exact) mass is 356 g/mol. The molecule has 140 valence electrons. The Balaban J connectivity index is 1.24. The molecule has 0 bridgehead atoms. The molecule has 0 radical (unpaired) electrons. The third-order valence-electron chi connectivity index (χ3n) is 5.51. The van der Waals surface area contributed by atoms with Gasteiger partial charge in [0.25, 0.3) is 5.91 Å². The van der Waals surface area contributed by atoms with Crippen molar-refractivity contribution in [2.24, 2.45) is 5.10 Å². The van der Waals surface area contributed by atoms with E-state index in [2.05, 4.69) is 27.0 Å². The lowest BCUT2D eigenvalue weighted by Crippen LogP contribution is -2.50. The Kier molecular flexibility index (Phi) is 5.62. The van der Waals surface area contributed by atoms with E-state index in [0.717, 1.165) is 57.0 Å². The van der Waals surface area contributed by atoms with Gasteiger partial charge in [-0.25, -0.2) is 5.01 Å². The van der Waals surface area contributed by atoms with Crippen LogP contribution in [-0.4, -0.2) is 85.0 Å². The average molecular weight is 356 g/mol. The number of hydrogen-bond acceptors (Lipinski definition) is 5.